The maximum Gasteiger partial charge on any atom is 0.343 e. The molecule has 0 saturated carbocycles. The normalized spacial score (nSPS) is 11.2. The molecule has 0 bridgehead atoms. The third-order valence-electron chi connectivity index (χ3n) is 4.53. The third kappa shape index (κ3) is 4.43. The molecule has 0 N–H and O–H groups in total. The van der Waals surface area contributed by atoms with Crippen molar-refractivity contribution in [3.63, 3.8) is 0 Å². The van der Waals surface area contributed by atoms with E-state index in [0.29, 0.717) is 0 Å². The molecule has 0 aliphatic heterocycles. The zero-order valence-corrected chi connectivity index (χ0v) is 16.3. The summed E-state index contributed by atoms with van der Waals surface area (Å²) >= 11 is 0. The number of benzene rings is 3. The van der Waals surface area contributed by atoms with Gasteiger partial charge >= 0.3 is 5.97 Å². The first-order valence-corrected chi connectivity index (χ1v) is 9.29. The number of carbonyl (C=O) groups is 1. The van der Waals surface area contributed by atoms with Crippen molar-refractivity contribution in [3.8, 4) is 5.75 Å². The van der Waals surface area contributed by atoms with Crippen LogP contribution in [0.5, 0.6) is 5.75 Å². The molecule has 0 radical (unpaired) electrons. The number of nitrogens with zero attached hydrogens (tertiary/aromatic N) is 1. The molecule has 146 valence electrons. The van der Waals surface area contributed by atoms with Crippen molar-refractivity contribution in [1.82, 2.24) is 0 Å². The van der Waals surface area contributed by atoms with Gasteiger partial charge in [0.1, 0.15) is 12.4 Å². The van der Waals surface area contributed by atoms with E-state index in [4.69, 9.17) is 14.5 Å². The zero-order valence-electron chi connectivity index (χ0n) is 16.3. The molecule has 0 aliphatic carbocycles. The molecule has 0 fully saturated rings. The van der Waals surface area contributed by atoms with Gasteiger partial charge in [-0.1, -0.05) is 73.3 Å². The lowest BCUT2D eigenvalue weighted by molar-refractivity contribution is -0.147. The van der Waals surface area contributed by atoms with Gasteiger partial charge in [0, 0.05) is 6.21 Å². The number of methoxy groups -OCH3 is 1. The molecule has 3 aromatic carbocycles. The van der Waals surface area contributed by atoms with Crippen LogP contribution in [-0.4, -0.2) is 25.9 Å². The fourth-order valence-corrected chi connectivity index (χ4v) is 3.06. The monoisotopic (exact) mass is 385 g/mol. The predicted octanol–water partition coefficient (Wildman–Crippen LogP) is 4.79. The lowest BCUT2D eigenvalue weighted by Gasteiger charge is -2.28. The smallest absolute Gasteiger partial charge is 0.343 e. The van der Waals surface area contributed by atoms with Gasteiger partial charge in [0.2, 0.25) is 5.54 Å². The molecule has 0 spiro atoms. The fraction of sp³-hybridized carbons (Fsp3) is 0.120. The Bertz CT molecular complexity index is 924. The highest BCUT2D eigenvalue weighted by molar-refractivity contribution is 5.91. The quantitative estimate of drug-likeness (QED) is 0.318. The largest absolute Gasteiger partial charge is 0.497 e. The molecule has 4 heteroatoms. The van der Waals surface area contributed by atoms with Gasteiger partial charge in [-0.3, -0.25) is 4.99 Å². The summed E-state index contributed by atoms with van der Waals surface area (Å²) in [5, 5.41) is 0. The van der Waals surface area contributed by atoms with Crippen LogP contribution in [0.4, 0.5) is 0 Å². The van der Waals surface area contributed by atoms with Crippen molar-refractivity contribution in [2.45, 2.75) is 5.54 Å². The van der Waals surface area contributed by atoms with Crippen molar-refractivity contribution in [2.24, 2.45) is 4.99 Å². The van der Waals surface area contributed by atoms with Crippen molar-refractivity contribution in [1.29, 1.82) is 0 Å². The van der Waals surface area contributed by atoms with Gasteiger partial charge in [0.15, 0.2) is 0 Å². The number of carbonyl (C=O) groups excluding carboxylic acids is 1. The molecule has 3 aromatic rings. The topological polar surface area (TPSA) is 47.9 Å². The molecular formula is C25H23NO3. The van der Waals surface area contributed by atoms with Gasteiger partial charge in [0.05, 0.1) is 7.11 Å². The first-order chi connectivity index (χ1) is 14.2. The molecule has 0 heterocycles. The summed E-state index contributed by atoms with van der Waals surface area (Å²) < 4.78 is 10.7. The summed E-state index contributed by atoms with van der Waals surface area (Å²) in [6.07, 6.45) is 3.24. The van der Waals surface area contributed by atoms with E-state index in [9.17, 15) is 4.79 Å². The van der Waals surface area contributed by atoms with Gasteiger partial charge in [-0.15, -0.1) is 0 Å². The number of hydrogen-bond acceptors (Lipinski definition) is 4. The van der Waals surface area contributed by atoms with Crippen LogP contribution in [-0.2, 0) is 15.1 Å². The van der Waals surface area contributed by atoms with Crippen LogP contribution in [0.1, 0.15) is 16.7 Å². The van der Waals surface area contributed by atoms with Crippen LogP contribution in [0.15, 0.2) is 103 Å². The minimum Gasteiger partial charge on any atom is -0.497 e. The second kappa shape index (κ2) is 9.51. The molecule has 0 unspecified atom stereocenters. The van der Waals surface area contributed by atoms with Crippen LogP contribution in [0.25, 0.3) is 0 Å². The molecule has 0 aliphatic rings. The fourth-order valence-electron chi connectivity index (χ4n) is 3.06. The second-order valence-corrected chi connectivity index (χ2v) is 6.36. The maximum atomic E-state index is 13.3. The first-order valence-electron chi connectivity index (χ1n) is 9.29. The number of rotatable bonds is 8. The lowest BCUT2D eigenvalue weighted by Crippen LogP contribution is -2.37. The van der Waals surface area contributed by atoms with Crippen LogP contribution in [0.2, 0.25) is 0 Å². The van der Waals surface area contributed by atoms with Crippen molar-refractivity contribution in [3.05, 3.63) is 114 Å². The molecule has 0 saturated heterocycles. The molecule has 4 nitrogen and oxygen atoms in total. The average Bonchev–Trinajstić information content (AvgIpc) is 2.80. The highest BCUT2D eigenvalue weighted by atomic mass is 16.5. The highest BCUT2D eigenvalue weighted by Gasteiger charge is 2.43. The summed E-state index contributed by atoms with van der Waals surface area (Å²) in [6.45, 7) is 3.75. The summed E-state index contributed by atoms with van der Waals surface area (Å²) in [5.41, 5.74) is 0.972. The minimum absolute atomic E-state index is 0.109. The van der Waals surface area contributed by atoms with Crippen LogP contribution in [0.3, 0.4) is 0 Å². The van der Waals surface area contributed by atoms with Crippen LogP contribution < -0.4 is 4.74 Å². The Morgan fingerprint density at radius 1 is 0.931 bits per heavy atom. The van der Waals surface area contributed by atoms with E-state index in [0.717, 1.165) is 22.4 Å². The summed E-state index contributed by atoms with van der Waals surface area (Å²) in [4.78, 5) is 18.1. The van der Waals surface area contributed by atoms with E-state index >= 15 is 0 Å². The van der Waals surface area contributed by atoms with E-state index in [2.05, 4.69) is 6.58 Å². The number of hydrogen-bond donors (Lipinski definition) is 0. The lowest BCUT2D eigenvalue weighted by atomic mass is 9.83. The van der Waals surface area contributed by atoms with Crippen molar-refractivity contribution in [2.75, 3.05) is 13.7 Å². The molecule has 3 rings (SSSR count). The minimum atomic E-state index is -1.33. The van der Waals surface area contributed by atoms with E-state index in [1.54, 1.807) is 19.4 Å². The Morgan fingerprint density at radius 3 is 1.97 bits per heavy atom. The Morgan fingerprint density at radius 2 is 1.48 bits per heavy atom. The van der Waals surface area contributed by atoms with E-state index in [1.165, 1.54) is 0 Å². The van der Waals surface area contributed by atoms with Gasteiger partial charge in [-0.2, -0.15) is 0 Å². The van der Waals surface area contributed by atoms with E-state index in [-0.39, 0.29) is 6.61 Å². The van der Waals surface area contributed by atoms with Crippen molar-refractivity contribution >= 4 is 12.2 Å². The SMILES string of the molecule is C=CCOC(=O)C(N=Cc1ccc(OC)cc1)(c1ccccc1)c1ccccc1. The van der Waals surface area contributed by atoms with Gasteiger partial charge in [-0.25, -0.2) is 4.79 Å². The summed E-state index contributed by atoms with van der Waals surface area (Å²) in [7, 11) is 1.62. The first kappa shape index (κ1) is 20.1. The Hall–Kier alpha value is -3.66. The zero-order chi connectivity index (χ0) is 20.5. The maximum absolute atomic E-state index is 13.3. The number of ether oxygens (including phenoxy) is 2. The van der Waals surface area contributed by atoms with Gasteiger partial charge in [-0.05, 0) is 41.0 Å². The van der Waals surface area contributed by atoms with E-state index < -0.39 is 11.5 Å². The van der Waals surface area contributed by atoms with E-state index in [1.807, 2.05) is 84.9 Å². The molecular weight excluding hydrogens is 362 g/mol. The third-order valence-corrected chi connectivity index (χ3v) is 4.53. The molecule has 0 aromatic heterocycles. The van der Waals surface area contributed by atoms with Gasteiger partial charge < -0.3 is 9.47 Å². The number of aliphatic imine (C=N–C) groups is 1. The summed E-state index contributed by atoms with van der Waals surface area (Å²) in [6, 6.07) is 26.4. The molecule has 29 heavy (non-hydrogen) atoms. The Balaban J connectivity index is 2.15. The Labute approximate surface area is 171 Å². The molecule has 0 amide bonds. The van der Waals surface area contributed by atoms with Crippen LogP contribution >= 0.6 is 0 Å². The van der Waals surface area contributed by atoms with Crippen molar-refractivity contribution < 1.29 is 14.3 Å². The van der Waals surface area contributed by atoms with Crippen LogP contribution in [0, 0.1) is 0 Å². The second-order valence-electron chi connectivity index (χ2n) is 6.36. The predicted molar refractivity (Wildman–Crippen MR) is 115 cm³/mol. The average molecular weight is 385 g/mol. The number of esters is 1. The Kier molecular flexibility index (Phi) is 6.59. The van der Waals surface area contributed by atoms with Gasteiger partial charge in [0.25, 0.3) is 0 Å². The standard InChI is InChI=1S/C25H23NO3/c1-3-18-29-24(27)25(21-10-6-4-7-11-21,22-12-8-5-9-13-22)26-19-20-14-16-23(28-2)17-15-20/h3-17,19H,1,18H2,2H3. The summed E-state index contributed by atoms with van der Waals surface area (Å²) in [5.74, 6) is 0.296. The molecule has 0 atom stereocenters. The highest BCUT2D eigenvalue weighted by Crippen LogP contribution is 2.35.